The number of hydrogen-bond donors (Lipinski definition) is 1. The molecule has 0 saturated carbocycles. The zero-order valence-corrected chi connectivity index (χ0v) is 13.7. The summed E-state index contributed by atoms with van der Waals surface area (Å²) in [5.41, 5.74) is 2.75. The van der Waals surface area contributed by atoms with Crippen LogP contribution in [0.5, 0.6) is 0 Å². The number of thioether (sulfide) groups is 1. The smallest absolute Gasteiger partial charge is 0.234 e. The predicted octanol–water partition coefficient (Wildman–Crippen LogP) is 3.93. The van der Waals surface area contributed by atoms with Crippen molar-refractivity contribution in [2.75, 3.05) is 11.1 Å². The lowest BCUT2D eigenvalue weighted by molar-refractivity contribution is -0.113. The van der Waals surface area contributed by atoms with Crippen LogP contribution >= 0.6 is 27.7 Å². The topological polar surface area (TPSA) is 55.1 Å². The molecule has 2 rings (SSSR count). The Morgan fingerprint density at radius 3 is 2.80 bits per heavy atom. The molecule has 1 aromatic carbocycles. The molecular formula is C14H15BrN2O2S. The van der Waals surface area contributed by atoms with Crippen LogP contribution in [-0.2, 0) is 10.5 Å². The maximum Gasteiger partial charge on any atom is 0.234 e. The molecule has 0 aliphatic rings. The summed E-state index contributed by atoms with van der Waals surface area (Å²) >= 11 is 4.95. The van der Waals surface area contributed by atoms with Gasteiger partial charge in [0.25, 0.3) is 0 Å². The second-order valence-electron chi connectivity index (χ2n) is 4.32. The zero-order valence-electron chi connectivity index (χ0n) is 11.3. The standard InChI is InChI=1S/C14H15BrN2O2S/c1-9-11(10(2)19-17-9)7-20-8-14(18)16-13-6-4-3-5-12(13)15/h3-6H,7-8H2,1-2H3,(H,16,18). The Bertz CT molecular complexity index is 593. The number of para-hydroxylation sites is 1. The third-order valence-corrected chi connectivity index (χ3v) is 4.46. The van der Waals surface area contributed by atoms with Crippen molar-refractivity contribution in [3.8, 4) is 0 Å². The first-order chi connectivity index (χ1) is 9.58. The first-order valence-corrected chi connectivity index (χ1v) is 8.06. The number of rotatable bonds is 5. The van der Waals surface area contributed by atoms with Gasteiger partial charge in [0.1, 0.15) is 5.76 Å². The van der Waals surface area contributed by atoms with Gasteiger partial charge < -0.3 is 9.84 Å². The Kier molecular flexibility index (Phi) is 5.25. The van der Waals surface area contributed by atoms with E-state index in [2.05, 4.69) is 26.4 Å². The molecule has 6 heteroatoms. The predicted molar refractivity (Wildman–Crippen MR) is 84.9 cm³/mol. The van der Waals surface area contributed by atoms with Crippen LogP contribution in [-0.4, -0.2) is 16.8 Å². The molecule has 0 fully saturated rings. The molecule has 1 amide bonds. The lowest BCUT2D eigenvalue weighted by Crippen LogP contribution is -2.14. The minimum atomic E-state index is -0.0198. The lowest BCUT2D eigenvalue weighted by atomic mass is 10.2. The van der Waals surface area contributed by atoms with E-state index in [-0.39, 0.29) is 5.91 Å². The molecule has 2 aromatic rings. The van der Waals surface area contributed by atoms with Crippen molar-refractivity contribution in [3.05, 3.63) is 45.8 Å². The second-order valence-corrected chi connectivity index (χ2v) is 6.16. The molecule has 0 bridgehead atoms. The number of nitrogens with one attached hydrogen (secondary N) is 1. The average Bonchev–Trinajstić information content (AvgIpc) is 2.73. The van der Waals surface area contributed by atoms with Gasteiger partial charge in [0.15, 0.2) is 0 Å². The molecule has 0 saturated heterocycles. The van der Waals surface area contributed by atoms with Crippen LogP contribution in [0.25, 0.3) is 0 Å². The highest BCUT2D eigenvalue weighted by atomic mass is 79.9. The summed E-state index contributed by atoms with van der Waals surface area (Å²) < 4.78 is 5.97. The number of carbonyl (C=O) groups excluding carboxylic acids is 1. The Labute approximate surface area is 130 Å². The maximum atomic E-state index is 11.9. The summed E-state index contributed by atoms with van der Waals surface area (Å²) in [4.78, 5) is 11.9. The van der Waals surface area contributed by atoms with E-state index < -0.39 is 0 Å². The maximum absolute atomic E-state index is 11.9. The summed E-state index contributed by atoms with van der Waals surface area (Å²) in [7, 11) is 0. The Hall–Kier alpha value is -1.27. The van der Waals surface area contributed by atoms with E-state index in [1.165, 1.54) is 0 Å². The van der Waals surface area contributed by atoms with E-state index in [4.69, 9.17) is 4.52 Å². The van der Waals surface area contributed by atoms with Crippen LogP contribution in [0.1, 0.15) is 17.0 Å². The quantitative estimate of drug-likeness (QED) is 0.883. The van der Waals surface area contributed by atoms with Crippen molar-refractivity contribution < 1.29 is 9.32 Å². The number of amides is 1. The van der Waals surface area contributed by atoms with E-state index in [1.54, 1.807) is 11.8 Å². The van der Waals surface area contributed by atoms with Gasteiger partial charge in [-0.2, -0.15) is 0 Å². The molecule has 1 heterocycles. The highest BCUT2D eigenvalue weighted by Crippen LogP contribution is 2.22. The minimum Gasteiger partial charge on any atom is -0.361 e. The molecular weight excluding hydrogens is 340 g/mol. The molecule has 20 heavy (non-hydrogen) atoms. The van der Waals surface area contributed by atoms with Crippen LogP contribution in [0.4, 0.5) is 5.69 Å². The van der Waals surface area contributed by atoms with Crippen molar-refractivity contribution in [1.29, 1.82) is 0 Å². The number of aromatic nitrogens is 1. The largest absolute Gasteiger partial charge is 0.361 e. The summed E-state index contributed by atoms with van der Waals surface area (Å²) in [5, 5.41) is 6.77. The van der Waals surface area contributed by atoms with Gasteiger partial charge in [0, 0.05) is 15.8 Å². The number of aryl methyl sites for hydroxylation is 2. The van der Waals surface area contributed by atoms with Crippen LogP contribution in [0.15, 0.2) is 33.3 Å². The van der Waals surface area contributed by atoms with Gasteiger partial charge in [-0.25, -0.2) is 0 Å². The molecule has 0 unspecified atom stereocenters. The van der Waals surface area contributed by atoms with Gasteiger partial charge in [0.2, 0.25) is 5.91 Å². The molecule has 0 aliphatic carbocycles. The number of carbonyl (C=O) groups is 1. The van der Waals surface area contributed by atoms with E-state index in [9.17, 15) is 4.79 Å². The zero-order chi connectivity index (χ0) is 14.5. The number of hydrogen-bond acceptors (Lipinski definition) is 4. The van der Waals surface area contributed by atoms with Crippen molar-refractivity contribution in [2.45, 2.75) is 19.6 Å². The third kappa shape index (κ3) is 3.86. The van der Waals surface area contributed by atoms with E-state index in [0.717, 1.165) is 32.9 Å². The van der Waals surface area contributed by atoms with Gasteiger partial charge in [-0.05, 0) is 41.9 Å². The van der Waals surface area contributed by atoms with E-state index >= 15 is 0 Å². The molecule has 1 N–H and O–H groups in total. The Morgan fingerprint density at radius 1 is 1.40 bits per heavy atom. The molecule has 0 spiro atoms. The number of halogens is 1. The fraction of sp³-hybridized carbons (Fsp3) is 0.286. The highest BCUT2D eigenvalue weighted by Gasteiger charge is 2.10. The average molecular weight is 355 g/mol. The fourth-order valence-electron chi connectivity index (χ4n) is 1.70. The first kappa shape index (κ1) is 15.1. The van der Waals surface area contributed by atoms with Gasteiger partial charge in [-0.15, -0.1) is 11.8 Å². The minimum absolute atomic E-state index is 0.0198. The van der Waals surface area contributed by atoms with Crippen molar-refractivity contribution in [1.82, 2.24) is 5.16 Å². The molecule has 106 valence electrons. The van der Waals surface area contributed by atoms with Gasteiger partial charge >= 0.3 is 0 Å². The van der Waals surface area contributed by atoms with Crippen LogP contribution in [0.3, 0.4) is 0 Å². The second kappa shape index (κ2) is 6.95. The number of benzene rings is 1. The molecule has 0 atom stereocenters. The van der Waals surface area contributed by atoms with Crippen LogP contribution < -0.4 is 5.32 Å². The Morgan fingerprint density at radius 2 is 2.15 bits per heavy atom. The molecule has 0 aliphatic heterocycles. The van der Waals surface area contributed by atoms with E-state index in [0.29, 0.717) is 5.75 Å². The number of nitrogens with zero attached hydrogens (tertiary/aromatic N) is 1. The van der Waals surface area contributed by atoms with Gasteiger partial charge in [-0.3, -0.25) is 4.79 Å². The molecule has 4 nitrogen and oxygen atoms in total. The lowest BCUT2D eigenvalue weighted by Gasteiger charge is -2.06. The normalized spacial score (nSPS) is 10.6. The van der Waals surface area contributed by atoms with Crippen molar-refractivity contribution >= 4 is 39.3 Å². The monoisotopic (exact) mass is 354 g/mol. The third-order valence-electron chi connectivity index (χ3n) is 2.81. The van der Waals surface area contributed by atoms with Crippen molar-refractivity contribution in [2.24, 2.45) is 0 Å². The van der Waals surface area contributed by atoms with Crippen LogP contribution in [0.2, 0.25) is 0 Å². The summed E-state index contributed by atoms with van der Waals surface area (Å²) in [6.07, 6.45) is 0. The van der Waals surface area contributed by atoms with Crippen LogP contribution in [0, 0.1) is 13.8 Å². The highest BCUT2D eigenvalue weighted by molar-refractivity contribution is 9.10. The van der Waals surface area contributed by atoms with Gasteiger partial charge in [0.05, 0.1) is 17.1 Å². The van der Waals surface area contributed by atoms with E-state index in [1.807, 2.05) is 38.1 Å². The van der Waals surface area contributed by atoms with Crippen molar-refractivity contribution in [3.63, 3.8) is 0 Å². The summed E-state index contributed by atoms with van der Waals surface area (Å²) in [6.45, 7) is 3.80. The SMILES string of the molecule is Cc1noc(C)c1CSCC(=O)Nc1ccccc1Br. The number of anilines is 1. The fourth-order valence-corrected chi connectivity index (χ4v) is 3.06. The molecule has 1 aromatic heterocycles. The van der Waals surface area contributed by atoms with Gasteiger partial charge in [-0.1, -0.05) is 17.3 Å². The summed E-state index contributed by atoms with van der Waals surface area (Å²) in [5.74, 6) is 1.92. The Balaban J connectivity index is 1.83. The molecule has 0 radical (unpaired) electrons. The summed E-state index contributed by atoms with van der Waals surface area (Å²) in [6, 6.07) is 7.55. The first-order valence-electron chi connectivity index (χ1n) is 6.12.